The van der Waals surface area contributed by atoms with Gasteiger partial charge in [-0.25, -0.2) is 0 Å². The van der Waals surface area contributed by atoms with Crippen LogP contribution in [0.3, 0.4) is 0 Å². The Labute approximate surface area is 104 Å². The molecule has 0 fully saturated rings. The summed E-state index contributed by atoms with van der Waals surface area (Å²) in [5.41, 5.74) is 1.05. The molecule has 0 aromatic rings. The van der Waals surface area contributed by atoms with Crippen molar-refractivity contribution in [3.8, 4) is 0 Å². The van der Waals surface area contributed by atoms with Crippen LogP contribution < -0.4 is 0 Å². The van der Waals surface area contributed by atoms with E-state index in [-0.39, 0.29) is 0 Å². The summed E-state index contributed by atoms with van der Waals surface area (Å²) in [5, 5.41) is 0. The van der Waals surface area contributed by atoms with Gasteiger partial charge in [0.25, 0.3) is 0 Å². The van der Waals surface area contributed by atoms with Crippen LogP contribution in [0.4, 0.5) is 0 Å². The minimum absolute atomic E-state index is 0.495. The Morgan fingerprint density at radius 2 is 1.44 bits per heavy atom. The highest BCUT2D eigenvalue weighted by atomic mass is 14.3. The third-order valence-corrected chi connectivity index (χ3v) is 4.27. The third-order valence-electron chi connectivity index (χ3n) is 4.27. The summed E-state index contributed by atoms with van der Waals surface area (Å²) in [6, 6.07) is 0. The molecule has 0 bridgehead atoms. The van der Waals surface area contributed by atoms with E-state index in [4.69, 9.17) is 0 Å². The molecule has 0 spiro atoms. The molecule has 0 rings (SSSR count). The third kappa shape index (κ3) is 6.55. The first-order valence-corrected chi connectivity index (χ1v) is 7.18. The first kappa shape index (κ1) is 16.0. The van der Waals surface area contributed by atoms with Crippen molar-refractivity contribution < 1.29 is 0 Å². The summed E-state index contributed by atoms with van der Waals surface area (Å²) in [4.78, 5) is 0. The number of hydrogen-bond donors (Lipinski definition) is 0. The summed E-state index contributed by atoms with van der Waals surface area (Å²) in [7, 11) is 0. The van der Waals surface area contributed by atoms with E-state index in [0.29, 0.717) is 10.8 Å². The second-order valence-corrected chi connectivity index (χ2v) is 6.54. The summed E-state index contributed by atoms with van der Waals surface area (Å²) < 4.78 is 0. The molecule has 0 aromatic carbocycles. The first-order chi connectivity index (χ1) is 7.39. The van der Waals surface area contributed by atoms with Crippen molar-refractivity contribution >= 4 is 0 Å². The summed E-state index contributed by atoms with van der Waals surface area (Å²) in [6.45, 7) is 15.9. The van der Waals surface area contributed by atoms with Crippen LogP contribution in [0.1, 0.15) is 86.0 Å². The van der Waals surface area contributed by atoms with Crippen LogP contribution in [-0.4, -0.2) is 0 Å². The zero-order chi connectivity index (χ0) is 12.7. The lowest BCUT2D eigenvalue weighted by Gasteiger charge is -2.28. The van der Waals surface area contributed by atoms with Crippen molar-refractivity contribution in [2.45, 2.75) is 86.0 Å². The Hall–Kier alpha value is 0. The highest BCUT2D eigenvalue weighted by Crippen LogP contribution is 2.34. The second-order valence-electron chi connectivity index (χ2n) is 6.54. The molecule has 16 heavy (non-hydrogen) atoms. The molecule has 0 nitrogen and oxygen atoms in total. The van der Waals surface area contributed by atoms with Gasteiger partial charge < -0.3 is 0 Å². The molecule has 0 aliphatic heterocycles. The first-order valence-electron chi connectivity index (χ1n) is 7.18. The molecule has 97 valence electrons. The maximum Gasteiger partial charge on any atom is -0.0328 e. The highest BCUT2D eigenvalue weighted by Gasteiger charge is 2.20. The van der Waals surface area contributed by atoms with Crippen molar-refractivity contribution in [1.82, 2.24) is 0 Å². The number of rotatable bonds is 9. The lowest BCUT2D eigenvalue weighted by molar-refractivity contribution is 0.250. The molecule has 0 saturated heterocycles. The molecule has 0 N–H and O–H groups in total. The molecular formula is C16H33. The fourth-order valence-electron chi connectivity index (χ4n) is 2.44. The highest BCUT2D eigenvalue weighted by molar-refractivity contribution is 4.74. The molecule has 1 atom stereocenters. The van der Waals surface area contributed by atoms with Crippen LogP contribution in [0, 0.1) is 17.8 Å². The van der Waals surface area contributed by atoms with E-state index in [2.05, 4.69) is 41.5 Å². The van der Waals surface area contributed by atoms with Gasteiger partial charge in [-0.15, -0.1) is 0 Å². The molecule has 0 aliphatic carbocycles. The van der Waals surface area contributed by atoms with Gasteiger partial charge in [0.05, 0.1) is 0 Å². The van der Waals surface area contributed by atoms with E-state index in [1.807, 2.05) is 0 Å². The molecule has 0 heterocycles. The topological polar surface area (TPSA) is 0 Å². The SMILES string of the molecule is [CH2]CC(C)(CC)CCCCC(C)(C)CCC. The summed E-state index contributed by atoms with van der Waals surface area (Å²) in [6.07, 6.45) is 10.6. The van der Waals surface area contributed by atoms with Crippen LogP contribution in [0.5, 0.6) is 0 Å². The quantitative estimate of drug-likeness (QED) is 0.421. The molecule has 1 radical (unpaired) electrons. The monoisotopic (exact) mass is 225 g/mol. The van der Waals surface area contributed by atoms with Gasteiger partial charge in [0, 0.05) is 0 Å². The van der Waals surface area contributed by atoms with Gasteiger partial charge in [0.1, 0.15) is 0 Å². The van der Waals surface area contributed by atoms with E-state index >= 15 is 0 Å². The van der Waals surface area contributed by atoms with Crippen molar-refractivity contribution in [2.24, 2.45) is 10.8 Å². The molecule has 1 unspecified atom stereocenters. The van der Waals surface area contributed by atoms with Gasteiger partial charge in [0.2, 0.25) is 0 Å². The lowest BCUT2D eigenvalue weighted by atomic mass is 9.78. The predicted octanol–water partition coefficient (Wildman–Crippen LogP) is 6.01. The Bertz CT molecular complexity index is 163. The van der Waals surface area contributed by atoms with Gasteiger partial charge in [-0.05, 0) is 36.5 Å². The second kappa shape index (κ2) is 7.35. The normalized spacial score (nSPS) is 13.1. The van der Waals surface area contributed by atoms with E-state index in [1.165, 1.54) is 44.9 Å². The van der Waals surface area contributed by atoms with E-state index < -0.39 is 0 Å². The van der Waals surface area contributed by atoms with Crippen LogP contribution in [0.2, 0.25) is 0 Å². The predicted molar refractivity (Wildman–Crippen MR) is 75.5 cm³/mol. The smallest absolute Gasteiger partial charge is 0.0328 e. The Morgan fingerprint density at radius 3 is 1.88 bits per heavy atom. The van der Waals surface area contributed by atoms with E-state index in [9.17, 15) is 0 Å². The minimum Gasteiger partial charge on any atom is -0.0654 e. The van der Waals surface area contributed by atoms with Gasteiger partial charge in [-0.2, -0.15) is 0 Å². The van der Waals surface area contributed by atoms with E-state index in [0.717, 1.165) is 6.42 Å². The van der Waals surface area contributed by atoms with Crippen LogP contribution in [0.15, 0.2) is 0 Å². The van der Waals surface area contributed by atoms with Crippen molar-refractivity contribution in [3.05, 3.63) is 6.92 Å². The average molecular weight is 225 g/mol. The summed E-state index contributed by atoms with van der Waals surface area (Å²) >= 11 is 0. The van der Waals surface area contributed by atoms with Gasteiger partial charge in [-0.3, -0.25) is 0 Å². The maximum absolute atomic E-state index is 4.09. The molecule has 0 heteroatoms. The van der Waals surface area contributed by atoms with E-state index in [1.54, 1.807) is 0 Å². The van der Waals surface area contributed by atoms with Crippen molar-refractivity contribution in [3.63, 3.8) is 0 Å². The van der Waals surface area contributed by atoms with Gasteiger partial charge in [0.15, 0.2) is 0 Å². The fourth-order valence-corrected chi connectivity index (χ4v) is 2.44. The average Bonchev–Trinajstić information content (AvgIpc) is 2.24. The molecule has 0 saturated carbocycles. The van der Waals surface area contributed by atoms with Crippen LogP contribution in [-0.2, 0) is 0 Å². The molecular weight excluding hydrogens is 192 g/mol. The zero-order valence-corrected chi connectivity index (χ0v) is 12.4. The largest absolute Gasteiger partial charge is 0.0654 e. The van der Waals surface area contributed by atoms with Gasteiger partial charge in [-0.1, -0.05) is 67.2 Å². The fraction of sp³-hybridized carbons (Fsp3) is 0.938. The van der Waals surface area contributed by atoms with Crippen molar-refractivity contribution in [1.29, 1.82) is 0 Å². The van der Waals surface area contributed by atoms with Gasteiger partial charge >= 0.3 is 0 Å². The van der Waals surface area contributed by atoms with Crippen molar-refractivity contribution in [2.75, 3.05) is 0 Å². The molecule has 0 aromatic heterocycles. The minimum atomic E-state index is 0.495. The molecule has 0 aliphatic rings. The number of unbranched alkanes of at least 4 members (excludes halogenated alkanes) is 1. The maximum atomic E-state index is 4.09. The lowest BCUT2D eigenvalue weighted by Crippen LogP contribution is -2.15. The standard InChI is InChI=1S/C16H33/c1-7-12-15(4,5)13-10-11-14-16(6,8-2)9-3/h2,7-14H2,1,3-6H3. The van der Waals surface area contributed by atoms with Crippen LogP contribution in [0.25, 0.3) is 0 Å². The Balaban J connectivity index is 3.75. The molecule has 0 amide bonds. The number of hydrogen-bond acceptors (Lipinski definition) is 0. The Morgan fingerprint density at radius 1 is 0.875 bits per heavy atom. The van der Waals surface area contributed by atoms with Crippen LogP contribution >= 0.6 is 0 Å². The zero-order valence-electron chi connectivity index (χ0n) is 12.4. The Kier molecular flexibility index (Phi) is 7.35. The summed E-state index contributed by atoms with van der Waals surface area (Å²) in [5.74, 6) is 0.